The lowest BCUT2D eigenvalue weighted by molar-refractivity contribution is -0.117. The van der Waals surface area contributed by atoms with E-state index in [1.54, 1.807) is 103 Å². The molecule has 660 valence electrons. The van der Waals surface area contributed by atoms with Gasteiger partial charge in [-0.05, 0) is 203 Å². The number of hydrogen-bond donors (Lipinski definition) is 7. The van der Waals surface area contributed by atoms with Crippen molar-refractivity contribution in [2.45, 2.75) is 160 Å². The van der Waals surface area contributed by atoms with Crippen molar-refractivity contribution in [3.63, 3.8) is 0 Å². The predicted molar refractivity (Wildman–Crippen MR) is 516 cm³/mol. The summed E-state index contributed by atoms with van der Waals surface area (Å²) in [5.41, 5.74) is 9.47. The first-order chi connectivity index (χ1) is 60.0. The zero-order valence-electron chi connectivity index (χ0n) is 73.1. The van der Waals surface area contributed by atoms with Crippen molar-refractivity contribution >= 4 is 178 Å². The summed E-state index contributed by atoms with van der Waals surface area (Å²) in [7, 11) is 6.66. The number of thiol groups is 1. The summed E-state index contributed by atoms with van der Waals surface area (Å²) in [6, 6.07) is 40.6. The van der Waals surface area contributed by atoms with Crippen molar-refractivity contribution in [2.24, 2.45) is 24.1 Å². The van der Waals surface area contributed by atoms with Crippen LogP contribution in [-0.4, -0.2) is 165 Å². The number of methoxy groups -OCH3 is 2. The van der Waals surface area contributed by atoms with Gasteiger partial charge in [-0.15, -0.1) is 40.0 Å². The van der Waals surface area contributed by atoms with E-state index in [1.165, 1.54) is 86.5 Å². The lowest BCUT2D eigenvalue weighted by Crippen LogP contribution is -2.44. The zero-order chi connectivity index (χ0) is 89.2. The van der Waals surface area contributed by atoms with Crippen molar-refractivity contribution < 1.29 is 57.3 Å². The molecule has 3 atom stereocenters. The number of amides is 8. The second-order valence-corrected chi connectivity index (χ2v) is 42.5. The highest BCUT2D eigenvalue weighted by Gasteiger charge is 2.36. The van der Waals surface area contributed by atoms with Gasteiger partial charge in [0, 0.05) is 120 Å². The fraction of sp³-hybridized carbons (Fsp3) is 0.389. The minimum Gasteiger partial charge on any atom is -0.493 e. The summed E-state index contributed by atoms with van der Waals surface area (Å²) in [5.74, 6) is 0.000719. The van der Waals surface area contributed by atoms with Crippen molar-refractivity contribution in [2.75, 3.05) is 86.5 Å². The molecule has 125 heavy (non-hydrogen) atoms. The number of nitrogens with zero attached hydrogens (tertiary/aromatic N) is 6. The third kappa shape index (κ3) is 24.6. The van der Waals surface area contributed by atoms with E-state index in [0.717, 1.165) is 31.3 Å². The van der Waals surface area contributed by atoms with E-state index >= 15 is 0 Å². The molecule has 8 heterocycles. The first-order valence-electron chi connectivity index (χ1n) is 42.5. The van der Waals surface area contributed by atoms with Gasteiger partial charge in [0.2, 0.25) is 11.8 Å². The molecule has 0 radical (unpaired) electrons. The molecule has 6 N–H and O–H groups in total. The van der Waals surface area contributed by atoms with Crippen molar-refractivity contribution in [3.05, 3.63) is 200 Å². The normalized spacial score (nSPS) is 14.6. The van der Waals surface area contributed by atoms with Crippen LogP contribution < -0.4 is 50.8 Å². The summed E-state index contributed by atoms with van der Waals surface area (Å²) in [6.45, 7) is 17.3. The molecule has 8 amide bonds. The maximum absolute atomic E-state index is 13.7. The van der Waals surface area contributed by atoms with Gasteiger partial charge in [-0.3, -0.25) is 48.3 Å². The Balaban J connectivity index is 0.000000199. The van der Waals surface area contributed by atoms with Crippen LogP contribution >= 0.6 is 43.2 Å². The van der Waals surface area contributed by atoms with E-state index in [2.05, 4.69) is 99.6 Å². The lowest BCUT2D eigenvalue weighted by atomic mass is 9.94. The molecule has 0 fully saturated rings. The first kappa shape index (κ1) is 93.6. The number of ether oxygens (including phenoxy) is 4. The smallest absolute Gasteiger partial charge is 0.272 e. The Kier molecular flexibility index (Phi) is 32.3. The van der Waals surface area contributed by atoms with Crippen LogP contribution in [0.5, 0.6) is 23.0 Å². The van der Waals surface area contributed by atoms with Crippen LogP contribution in [0.1, 0.15) is 196 Å². The molecular formula is C95H113N12O12PS5. The largest absolute Gasteiger partial charge is 0.493 e. The fourth-order valence-electron chi connectivity index (χ4n) is 14.8. The average Bonchev–Trinajstić information content (AvgIpc) is 1.75. The van der Waals surface area contributed by atoms with Crippen molar-refractivity contribution in [3.8, 4) is 23.0 Å². The van der Waals surface area contributed by atoms with Crippen LogP contribution in [0.25, 0.3) is 20.2 Å². The maximum atomic E-state index is 13.7. The molecule has 1 unspecified atom stereocenters. The van der Waals surface area contributed by atoms with Gasteiger partial charge in [-0.1, -0.05) is 99.8 Å². The van der Waals surface area contributed by atoms with Gasteiger partial charge >= 0.3 is 0 Å². The summed E-state index contributed by atoms with van der Waals surface area (Å²) in [6.07, 6.45) is 24.8. The number of anilines is 4. The molecule has 14 rings (SSSR count). The fourth-order valence-corrected chi connectivity index (χ4v) is 20.3. The van der Waals surface area contributed by atoms with Gasteiger partial charge in [0.05, 0.1) is 83.1 Å². The molecule has 0 saturated carbocycles. The molecule has 6 aromatic carbocycles. The van der Waals surface area contributed by atoms with Gasteiger partial charge in [0.25, 0.3) is 35.4 Å². The number of aliphatic imine (C=N–C) groups is 2. The zero-order valence-corrected chi connectivity index (χ0v) is 78.2. The van der Waals surface area contributed by atoms with Gasteiger partial charge in [0.15, 0.2) is 23.0 Å². The van der Waals surface area contributed by atoms with Crippen LogP contribution in [0.3, 0.4) is 0 Å². The average molecular weight is 1810 g/mol. The summed E-state index contributed by atoms with van der Waals surface area (Å²) in [4.78, 5) is 119. The van der Waals surface area contributed by atoms with Gasteiger partial charge in [-0.2, -0.15) is 12.6 Å². The lowest BCUT2D eigenvalue weighted by Gasteiger charge is -2.34. The molecule has 4 aliphatic rings. The highest BCUT2D eigenvalue weighted by atomic mass is 32.8. The number of fused-ring (bicyclic) bond motifs is 8. The van der Waals surface area contributed by atoms with Gasteiger partial charge in [0.1, 0.15) is 11.4 Å². The van der Waals surface area contributed by atoms with E-state index in [1.807, 2.05) is 117 Å². The second kappa shape index (κ2) is 43.1. The third-order valence-electron chi connectivity index (χ3n) is 22.2. The van der Waals surface area contributed by atoms with Crippen LogP contribution in [0.2, 0.25) is 0 Å². The number of carbonyl (C=O) groups is 8. The van der Waals surface area contributed by atoms with Crippen LogP contribution in [0, 0.1) is 0 Å². The Labute approximate surface area is 753 Å². The number of benzene rings is 6. The molecule has 0 spiro atoms. The van der Waals surface area contributed by atoms with E-state index in [9.17, 15) is 38.4 Å². The summed E-state index contributed by atoms with van der Waals surface area (Å²) >= 11 is 12.7. The van der Waals surface area contributed by atoms with Crippen LogP contribution in [0.15, 0.2) is 156 Å². The summed E-state index contributed by atoms with van der Waals surface area (Å²) < 4.78 is 27.9. The quantitative estimate of drug-likeness (QED) is 0.0112. The van der Waals surface area contributed by atoms with Gasteiger partial charge in [-0.25, -0.2) is 0 Å². The molecule has 24 nitrogen and oxygen atoms in total. The van der Waals surface area contributed by atoms with Crippen molar-refractivity contribution in [1.82, 2.24) is 29.6 Å². The number of thiophene rings is 2. The van der Waals surface area contributed by atoms with E-state index < -0.39 is 0 Å². The Morgan fingerprint density at radius 2 is 0.928 bits per heavy atom. The number of rotatable bonds is 34. The molecule has 30 heteroatoms. The topological polar surface area (TPSA) is 287 Å². The predicted octanol–water partition coefficient (Wildman–Crippen LogP) is 18.7. The highest BCUT2D eigenvalue weighted by molar-refractivity contribution is 8.29. The molecule has 0 aliphatic carbocycles. The second-order valence-electron chi connectivity index (χ2n) is 32.9. The molecule has 4 aromatic heterocycles. The van der Waals surface area contributed by atoms with Crippen LogP contribution in [-0.2, 0) is 70.3 Å². The number of unbranched alkanes of at least 4 members (excludes halogenated alkanes) is 3. The monoisotopic (exact) mass is 1800 g/mol. The standard InChI is InChI=1S/C42H44N6O6S3.C41H42N6O6S2.C12H27P/c1-42(2,57(5)55)24-44-40(51)37-17-27-15-28(12-13-36(27)56-37)46-39(50)33-18-29(23-47(33)3)45-38(49)11-8-14-54-35-20-32-31(19-34(35)53-4)41(52)48-22-26-10-7-6-9-25(26)16-30(48)21-43-32;1-41(2,54)23-43-39(50)36-16-26-14-27(11-12-35(26)55-36)45-38(49)32-17-28(22-46(32)3)44-37(48)10-7-13-53-34-19-31-30(18-33(34)52-4)40(51)47-21-25-9-6-5-8-24(25)15-29(47)20-42-31;1-4-7-10-13(11-8-5-2)12-9-6-3/h6-7,9-10,12-13,15,17-21,23,30H,8,11,14,16,22,24H2,1-5H3,(H,44,51)(H,45,49)(H,46,50);5-6,8-9,11-12,14,16-20,22,29,54H,7,10,13,15,21,23H2,1-4H3,(H,43,50)(H,44,48)(H,45,49);4-12H2,1-3H3/t30-,57?;29-;/m00./s1. The summed E-state index contributed by atoms with van der Waals surface area (Å²) in [5, 5.41) is 19.2. The molecular weight excluding hydrogens is 1690 g/mol. The molecule has 0 saturated heterocycles. The van der Waals surface area contributed by atoms with Gasteiger partial charge < -0.3 is 69.8 Å². The van der Waals surface area contributed by atoms with E-state index in [0.29, 0.717) is 149 Å². The minimum absolute atomic E-state index is 0.111. The third-order valence-corrected chi connectivity index (χ3v) is 30.5. The number of aromatic nitrogens is 2. The first-order valence-corrected chi connectivity index (χ1v) is 49.0. The minimum atomic E-state index is -0.346. The van der Waals surface area contributed by atoms with Crippen LogP contribution in [0.4, 0.5) is 34.1 Å². The highest BCUT2D eigenvalue weighted by Crippen LogP contribution is 2.43. The maximum Gasteiger partial charge on any atom is 0.272 e. The Bertz CT molecular complexity index is 5690. The van der Waals surface area contributed by atoms with Crippen molar-refractivity contribution in [1.29, 1.82) is 0 Å². The number of carbonyl (C=O) groups excluding carboxylic acids is 8. The number of hydrogen-bond acceptors (Lipinski definition) is 18. The number of nitrogens with one attached hydrogen (secondary N) is 6. The SMILES string of the molecule is CCCCP(CCCC)CCCC.COc1cc2c(cc1OCCCC(=O)Nc1cc(C(=O)Nc3ccc4sc(C(=O)NCC(C)(C)S(C)=S)cc4c3)n(C)c1)N=C[C@@H]1Cc3ccccc3CN1C2=O.COc1cc2c(cc1OCCCC(=O)Nc1cc(C(=O)Nc3ccc4sc(C(=O)NCC(C)(C)S)cc4c3)n(C)c1)N=C[C@@H]1Cc3ccccc3CN1C2=O. The molecule has 0 bridgehead atoms. The number of aryl methyl sites for hydroxylation is 2. The Morgan fingerprint density at radius 3 is 1.32 bits per heavy atom. The van der Waals surface area contributed by atoms with E-state index in [4.69, 9.17) is 30.1 Å². The molecule has 10 aromatic rings. The van der Waals surface area contributed by atoms with E-state index in [-0.39, 0.29) is 104 Å². The Hall–Kier alpha value is -10.6. The molecule has 4 aliphatic heterocycles. The Morgan fingerprint density at radius 1 is 0.520 bits per heavy atom.